The molecule has 1 amide bonds. The van der Waals surface area contributed by atoms with E-state index in [0.29, 0.717) is 23.7 Å². The van der Waals surface area contributed by atoms with E-state index in [2.05, 4.69) is 15.4 Å². The van der Waals surface area contributed by atoms with Crippen molar-refractivity contribution in [2.24, 2.45) is 13.0 Å². The molecule has 140 valence electrons. The molecule has 4 rings (SSSR count). The van der Waals surface area contributed by atoms with Gasteiger partial charge in [-0.15, -0.1) is 0 Å². The van der Waals surface area contributed by atoms with E-state index in [1.54, 1.807) is 17.9 Å². The molecule has 27 heavy (non-hydrogen) atoms. The van der Waals surface area contributed by atoms with Crippen LogP contribution in [0.4, 0.5) is 4.39 Å². The Hall–Kier alpha value is -3.00. The lowest BCUT2D eigenvalue weighted by Crippen LogP contribution is -2.41. The number of aromatic nitrogens is 3. The number of hydrogen-bond donors (Lipinski definition) is 3. The first kappa shape index (κ1) is 17.4. The third kappa shape index (κ3) is 3.35. The molecule has 7 nitrogen and oxygen atoms in total. The van der Waals surface area contributed by atoms with E-state index < -0.39 is 17.3 Å². The largest absolute Gasteiger partial charge is 0.393 e. The molecule has 1 aliphatic rings. The minimum Gasteiger partial charge on any atom is -0.393 e. The van der Waals surface area contributed by atoms with E-state index in [4.69, 9.17) is 0 Å². The van der Waals surface area contributed by atoms with Crippen LogP contribution in [0, 0.1) is 11.7 Å². The van der Waals surface area contributed by atoms with Crippen molar-refractivity contribution in [3.05, 3.63) is 64.0 Å². The van der Waals surface area contributed by atoms with Gasteiger partial charge in [0, 0.05) is 35.8 Å². The van der Waals surface area contributed by atoms with E-state index in [9.17, 15) is 19.1 Å². The summed E-state index contributed by atoms with van der Waals surface area (Å²) >= 11 is 0. The molecule has 3 aromatic rings. The van der Waals surface area contributed by atoms with E-state index >= 15 is 0 Å². The molecular weight excluding hydrogens is 351 g/mol. The highest BCUT2D eigenvalue weighted by Gasteiger charge is 2.36. The Bertz CT molecular complexity index is 1070. The van der Waals surface area contributed by atoms with Crippen molar-refractivity contribution in [2.75, 3.05) is 0 Å². The third-order valence-electron chi connectivity index (χ3n) is 5.04. The molecule has 0 spiro atoms. The minimum absolute atomic E-state index is 0.0677. The Morgan fingerprint density at radius 3 is 2.85 bits per heavy atom. The van der Waals surface area contributed by atoms with Gasteiger partial charge in [0.05, 0.1) is 23.9 Å². The SMILES string of the molecule is Cn1cc([C@H](NC(=O)c2cc(=O)[nH]c3ccc(F)cc23)C2CC(O)C2)cn1. The van der Waals surface area contributed by atoms with Crippen molar-refractivity contribution in [2.45, 2.75) is 25.0 Å². The summed E-state index contributed by atoms with van der Waals surface area (Å²) in [6, 6.07) is 4.72. The number of benzene rings is 1. The van der Waals surface area contributed by atoms with Gasteiger partial charge in [-0.3, -0.25) is 14.3 Å². The summed E-state index contributed by atoms with van der Waals surface area (Å²) in [5.41, 5.74) is 0.896. The number of aliphatic hydroxyl groups excluding tert-OH is 1. The molecule has 1 aliphatic carbocycles. The second-order valence-electron chi connectivity index (χ2n) is 7.02. The number of nitrogens with zero attached hydrogens (tertiary/aromatic N) is 2. The fourth-order valence-corrected chi connectivity index (χ4v) is 3.61. The van der Waals surface area contributed by atoms with Crippen LogP contribution in [-0.2, 0) is 7.05 Å². The van der Waals surface area contributed by atoms with Gasteiger partial charge in [0.1, 0.15) is 5.82 Å². The lowest BCUT2D eigenvalue weighted by molar-refractivity contribution is 0.0235. The Kier molecular flexibility index (Phi) is 4.27. The number of aliphatic hydroxyl groups is 1. The molecule has 3 N–H and O–H groups in total. The predicted molar refractivity (Wildman–Crippen MR) is 96.7 cm³/mol. The smallest absolute Gasteiger partial charge is 0.252 e. The van der Waals surface area contributed by atoms with Crippen molar-refractivity contribution < 1.29 is 14.3 Å². The lowest BCUT2D eigenvalue weighted by atomic mass is 9.75. The summed E-state index contributed by atoms with van der Waals surface area (Å²) in [5, 5.41) is 17.1. The Morgan fingerprint density at radius 2 is 2.19 bits per heavy atom. The van der Waals surface area contributed by atoms with E-state index in [0.717, 1.165) is 5.56 Å². The van der Waals surface area contributed by atoms with Crippen LogP contribution < -0.4 is 10.9 Å². The summed E-state index contributed by atoms with van der Waals surface area (Å²) in [6.45, 7) is 0. The van der Waals surface area contributed by atoms with E-state index in [1.165, 1.54) is 24.3 Å². The third-order valence-corrected chi connectivity index (χ3v) is 5.04. The second kappa shape index (κ2) is 6.62. The van der Waals surface area contributed by atoms with Gasteiger partial charge >= 0.3 is 0 Å². The van der Waals surface area contributed by atoms with Crippen molar-refractivity contribution in [1.29, 1.82) is 0 Å². The number of H-pyrrole nitrogens is 1. The fraction of sp³-hybridized carbons (Fsp3) is 0.316. The van der Waals surface area contributed by atoms with E-state index in [-0.39, 0.29) is 23.6 Å². The zero-order chi connectivity index (χ0) is 19.1. The maximum atomic E-state index is 13.7. The number of hydrogen-bond acceptors (Lipinski definition) is 4. The van der Waals surface area contributed by atoms with Crippen LogP contribution in [0.15, 0.2) is 41.5 Å². The summed E-state index contributed by atoms with van der Waals surface area (Å²) in [4.78, 5) is 27.5. The topological polar surface area (TPSA) is 100 Å². The summed E-state index contributed by atoms with van der Waals surface area (Å²) < 4.78 is 15.3. The number of nitrogens with one attached hydrogen (secondary N) is 2. The molecule has 0 unspecified atom stereocenters. The van der Waals surface area contributed by atoms with Crippen LogP contribution in [0.25, 0.3) is 10.9 Å². The van der Waals surface area contributed by atoms with Crippen LogP contribution in [0.5, 0.6) is 0 Å². The Labute approximate surface area is 153 Å². The molecule has 8 heteroatoms. The highest BCUT2D eigenvalue weighted by atomic mass is 19.1. The van der Waals surface area contributed by atoms with Crippen LogP contribution in [-0.4, -0.2) is 31.9 Å². The van der Waals surface area contributed by atoms with Gasteiger partial charge in [0.2, 0.25) is 5.56 Å². The molecule has 1 saturated carbocycles. The first-order valence-electron chi connectivity index (χ1n) is 8.71. The zero-order valence-corrected chi connectivity index (χ0v) is 14.6. The van der Waals surface area contributed by atoms with Crippen LogP contribution >= 0.6 is 0 Å². The molecule has 2 heterocycles. The van der Waals surface area contributed by atoms with Crippen molar-refractivity contribution >= 4 is 16.8 Å². The Morgan fingerprint density at radius 1 is 1.41 bits per heavy atom. The zero-order valence-electron chi connectivity index (χ0n) is 14.6. The summed E-state index contributed by atoms with van der Waals surface area (Å²) in [7, 11) is 1.78. The van der Waals surface area contributed by atoms with Crippen LogP contribution in [0.2, 0.25) is 0 Å². The van der Waals surface area contributed by atoms with Crippen molar-refractivity contribution in [1.82, 2.24) is 20.1 Å². The molecule has 1 atom stereocenters. The molecule has 0 radical (unpaired) electrons. The number of aryl methyl sites for hydroxylation is 1. The molecule has 0 saturated heterocycles. The number of rotatable bonds is 4. The van der Waals surface area contributed by atoms with Crippen LogP contribution in [0.3, 0.4) is 0 Å². The van der Waals surface area contributed by atoms with Gasteiger partial charge in [0.25, 0.3) is 5.91 Å². The number of amides is 1. The number of carbonyl (C=O) groups excluding carboxylic acids is 1. The van der Waals surface area contributed by atoms with Gasteiger partial charge in [-0.25, -0.2) is 4.39 Å². The maximum absolute atomic E-state index is 13.7. The first-order chi connectivity index (χ1) is 12.9. The second-order valence-corrected chi connectivity index (χ2v) is 7.02. The summed E-state index contributed by atoms with van der Waals surface area (Å²) in [5.74, 6) is -0.889. The van der Waals surface area contributed by atoms with Gasteiger partial charge < -0.3 is 15.4 Å². The molecule has 1 aromatic carbocycles. The molecular formula is C19H19FN4O3. The number of aromatic amines is 1. The highest BCUT2D eigenvalue weighted by Crippen LogP contribution is 2.38. The quantitative estimate of drug-likeness (QED) is 0.650. The molecule has 1 fully saturated rings. The van der Waals surface area contributed by atoms with Gasteiger partial charge in [-0.05, 0) is 37.0 Å². The first-order valence-corrected chi connectivity index (χ1v) is 8.71. The number of fused-ring (bicyclic) bond motifs is 1. The van der Waals surface area contributed by atoms with Gasteiger partial charge in [0.15, 0.2) is 0 Å². The standard InChI is InChI=1S/C19H19FN4O3/c1-24-9-11(8-21-24)18(10-4-13(25)5-10)23-19(27)15-7-17(26)22-16-3-2-12(20)6-14(15)16/h2-3,6-10,13,18,25H,4-5H2,1H3,(H,22,26)(H,23,27)/t10?,13?,18-/m1/s1. The predicted octanol–water partition coefficient (Wildman–Crippen LogP) is 1.64. The maximum Gasteiger partial charge on any atom is 0.252 e. The molecule has 0 bridgehead atoms. The number of carbonyl (C=O) groups is 1. The van der Waals surface area contributed by atoms with Crippen molar-refractivity contribution in [3.8, 4) is 0 Å². The van der Waals surface area contributed by atoms with Gasteiger partial charge in [-0.2, -0.15) is 5.10 Å². The summed E-state index contributed by atoms with van der Waals surface area (Å²) in [6.07, 6.45) is 4.26. The number of pyridine rings is 1. The Balaban J connectivity index is 1.70. The monoisotopic (exact) mass is 370 g/mol. The number of halogens is 1. The van der Waals surface area contributed by atoms with Crippen LogP contribution in [0.1, 0.15) is 34.8 Å². The minimum atomic E-state index is -0.491. The normalized spacial score (nSPS) is 20.3. The average molecular weight is 370 g/mol. The van der Waals surface area contributed by atoms with Gasteiger partial charge in [-0.1, -0.05) is 0 Å². The molecule has 0 aliphatic heterocycles. The van der Waals surface area contributed by atoms with Crippen molar-refractivity contribution in [3.63, 3.8) is 0 Å². The fourth-order valence-electron chi connectivity index (χ4n) is 3.61. The lowest BCUT2D eigenvalue weighted by Gasteiger charge is -2.37. The highest BCUT2D eigenvalue weighted by molar-refractivity contribution is 6.06. The van der Waals surface area contributed by atoms with E-state index in [1.807, 2.05) is 6.20 Å². The molecule has 2 aromatic heterocycles. The average Bonchev–Trinajstić information content (AvgIpc) is 3.03.